The Bertz CT molecular complexity index is 922. The van der Waals surface area contributed by atoms with Crippen molar-refractivity contribution in [3.8, 4) is 0 Å². The van der Waals surface area contributed by atoms with Crippen LogP contribution < -0.4 is 5.32 Å². The molecule has 0 spiro atoms. The molecule has 0 aliphatic carbocycles. The molecule has 0 fully saturated rings. The summed E-state index contributed by atoms with van der Waals surface area (Å²) in [6.07, 6.45) is 4.85. The third kappa shape index (κ3) is 5.59. The fourth-order valence-corrected chi connectivity index (χ4v) is 3.49. The van der Waals surface area contributed by atoms with Gasteiger partial charge in [0.2, 0.25) is 5.91 Å². The zero-order chi connectivity index (χ0) is 19.3. The number of rotatable bonds is 6. The molecule has 138 valence electrons. The summed E-state index contributed by atoms with van der Waals surface area (Å²) in [5.74, 6) is -0.268. The molecule has 1 amide bonds. The highest BCUT2D eigenvalue weighted by Gasteiger charge is 2.13. The maximum Gasteiger partial charge on any atom is 0.244 e. The van der Waals surface area contributed by atoms with Gasteiger partial charge in [-0.1, -0.05) is 48.3 Å². The van der Waals surface area contributed by atoms with Gasteiger partial charge in [0.25, 0.3) is 0 Å². The monoisotopic (exact) mass is 411 g/mol. The van der Waals surface area contributed by atoms with Crippen LogP contribution in [-0.4, -0.2) is 20.6 Å². The average molecular weight is 412 g/mol. The van der Waals surface area contributed by atoms with Crippen LogP contribution in [-0.2, 0) is 14.6 Å². The van der Waals surface area contributed by atoms with Crippen LogP contribution in [0.1, 0.15) is 30.5 Å². The van der Waals surface area contributed by atoms with Gasteiger partial charge >= 0.3 is 0 Å². The van der Waals surface area contributed by atoms with E-state index in [4.69, 9.17) is 23.2 Å². The van der Waals surface area contributed by atoms with Crippen molar-refractivity contribution in [3.63, 3.8) is 0 Å². The van der Waals surface area contributed by atoms with Crippen molar-refractivity contribution in [3.05, 3.63) is 69.7 Å². The number of hydrogen-bond acceptors (Lipinski definition) is 3. The van der Waals surface area contributed by atoms with Crippen LogP contribution in [0.3, 0.4) is 0 Å². The number of benzene rings is 2. The largest absolute Gasteiger partial charge is 0.346 e. The molecule has 0 bridgehead atoms. The van der Waals surface area contributed by atoms with Gasteiger partial charge in [-0.25, -0.2) is 8.42 Å². The summed E-state index contributed by atoms with van der Waals surface area (Å²) in [5, 5.41) is 3.89. The van der Waals surface area contributed by atoms with Crippen LogP contribution in [0.25, 0.3) is 6.08 Å². The molecular weight excluding hydrogens is 393 g/mol. The number of halogens is 2. The first-order valence-corrected chi connectivity index (χ1v) is 10.6. The van der Waals surface area contributed by atoms with Gasteiger partial charge in [-0.15, -0.1) is 0 Å². The molecule has 0 aromatic heterocycles. The molecule has 0 heterocycles. The van der Waals surface area contributed by atoms with E-state index in [1.165, 1.54) is 6.08 Å². The van der Waals surface area contributed by atoms with Crippen LogP contribution >= 0.6 is 23.2 Å². The normalized spacial score (nSPS) is 12.9. The van der Waals surface area contributed by atoms with E-state index in [1.807, 2.05) is 6.92 Å². The molecule has 7 heteroatoms. The van der Waals surface area contributed by atoms with Crippen LogP contribution in [0.2, 0.25) is 10.0 Å². The molecule has 2 aromatic rings. The number of amides is 1. The minimum Gasteiger partial charge on any atom is -0.346 e. The van der Waals surface area contributed by atoms with Crippen molar-refractivity contribution >= 4 is 45.0 Å². The lowest BCUT2D eigenvalue weighted by Gasteiger charge is -2.16. The van der Waals surface area contributed by atoms with Gasteiger partial charge in [0.15, 0.2) is 9.84 Å². The molecule has 4 nitrogen and oxygen atoms in total. The lowest BCUT2D eigenvalue weighted by atomic mass is 10.0. The third-order valence-electron chi connectivity index (χ3n) is 3.81. The Hall–Kier alpha value is -1.82. The topological polar surface area (TPSA) is 63.2 Å². The van der Waals surface area contributed by atoms with Crippen LogP contribution in [0.15, 0.2) is 53.4 Å². The molecule has 0 saturated carbocycles. The van der Waals surface area contributed by atoms with E-state index >= 15 is 0 Å². The highest BCUT2D eigenvalue weighted by atomic mass is 35.5. The Labute approximate surface area is 163 Å². The maximum absolute atomic E-state index is 12.2. The van der Waals surface area contributed by atoms with Gasteiger partial charge in [0.05, 0.1) is 10.9 Å². The SMILES string of the molecule is CC[C@@H](NC(=O)/C=C/c1ccc(Cl)cc1Cl)c1ccc(S(C)(=O)=O)cc1. The first-order chi connectivity index (χ1) is 12.2. The first kappa shape index (κ1) is 20.5. The van der Waals surface area contributed by atoms with Crippen molar-refractivity contribution in [2.24, 2.45) is 0 Å². The second-order valence-electron chi connectivity index (χ2n) is 5.81. The molecule has 0 aliphatic heterocycles. The molecule has 0 unspecified atom stereocenters. The van der Waals surface area contributed by atoms with Gasteiger partial charge in [-0.3, -0.25) is 4.79 Å². The Morgan fingerprint density at radius 3 is 2.35 bits per heavy atom. The highest BCUT2D eigenvalue weighted by Crippen LogP contribution is 2.22. The number of hydrogen-bond donors (Lipinski definition) is 1. The number of nitrogens with one attached hydrogen (secondary N) is 1. The summed E-state index contributed by atoms with van der Waals surface area (Å²) in [6, 6.07) is 11.3. The van der Waals surface area contributed by atoms with E-state index in [0.29, 0.717) is 22.0 Å². The quantitative estimate of drug-likeness (QED) is 0.701. The number of carbonyl (C=O) groups is 1. The Balaban J connectivity index is 2.09. The lowest BCUT2D eigenvalue weighted by molar-refractivity contribution is -0.117. The van der Waals surface area contributed by atoms with Crippen molar-refractivity contribution in [1.82, 2.24) is 5.32 Å². The molecule has 26 heavy (non-hydrogen) atoms. The summed E-state index contributed by atoms with van der Waals surface area (Å²) >= 11 is 11.9. The van der Waals surface area contributed by atoms with Gasteiger partial charge in [0.1, 0.15) is 0 Å². The second kappa shape index (κ2) is 8.71. The molecule has 1 atom stereocenters. The number of carbonyl (C=O) groups excluding carboxylic acids is 1. The van der Waals surface area contributed by atoms with Crippen LogP contribution in [0.5, 0.6) is 0 Å². The second-order valence-corrected chi connectivity index (χ2v) is 8.67. The van der Waals surface area contributed by atoms with Crippen molar-refractivity contribution in [2.45, 2.75) is 24.3 Å². The lowest BCUT2D eigenvalue weighted by Crippen LogP contribution is -2.26. The van der Waals surface area contributed by atoms with Crippen molar-refractivity contribution < 1.29 is 13.2 Å². The van der Waals surface area contributed by atoms with Crippen molar-refractivity contribution in [1.29, 1.82) is 0 Å². The Kier molecular flexibility index (Phi) is 6.87. The van der Waals surface area contributed by atoms with Gasteiger partial charge < -0.3 is 5.32 Å². The summed E-state index contributed by atoms with van der Waals surface area (Å²) in [7, 11) is -3.24. The third-order valence-corrected chi connectivity index (χ3v) is 5.50. The molecule has 0 saturated heterocycles. The molecule has 2 aromatic carbocycles. The molecule has 0 radical (unpaired) electrons. The van der Waals surface area contributed by atoms with Crippen LogP contribution in [0, 0.1) is 0 Å². The fourth-order valence-electron chi connectivity index (χ4n) is 2.39. The fraction of sp³-hybridized carbons (Fsp3) is 0.211. The van der Waals surface area contributed by atoms with Gasteiger partial charge in [-0.2, -0.15) is 0 Å². The predicted octanol–water partition coefficient (Wildman–Crippen LogP) is 4.68. The summed E-state index contributed by atoms with van der Waals surface area (Å²) in [4.78, 5) is 12.5. The molecular formula is C19H19Cl2NO3S. The van der Waals surface area contributed by atoms with E-state index in [0.717, 1.165) is 11.8 Å². The van der Waals surface area contributed by atoms with Gasteiger partial charge in [-0.05, 0) is 47.9 Å². The average Bonchev–Trinajstić information content (AvgIpc) is 2.58. The van der Waals surface area contributed by atoms with E-state index in [-0.39, 0.29) is 16.8 Å². The summed E-state index contributed by atoms with van der Waals surface area (Å²) in [6.45, 7) is 1.94. The van der Waals surface area contributed by atoms with E-state index in [1.54, 1.807) is 48.5 Å². The van der Waals surface area contributed by atoms with Gasteiger partial charge in [0, 0.05) is 22.4 Å². The standard InChI is InChI=1S/C19H19Cl2NO3S/c1-3-18(14-5-9-16(10-6-14)26(2,24)25)22-19(23)11-7-13-4-8-15(20)12-17(13)21/h4-12,18H,3H2,1-2H3,(H,22,23)/b11-7+/t18-/m1/s1. The zero-order valence-corrected chi connectivity index (χ0v) is 16.7. The minimum absolute atomic E-state index is 0.221. The van der Waals surface area contributed by atoms with Crippen molar-refractivity contribution in [2.75, 3.05) is 6.26 Å². The summed E-state index contributed by atoms with van der Waals surface area (Å²) < 4.78 is 23.1. The highest BCUT2D eigenvalue weighted by molar-refractivity contribution is 7.90. The van der Waals surface area contributed by atoms with Crippen LogP contribution in [0.4, 0.5) is 0 Å². The van der Waals surface area contributed by atoms with E-state index < -0.39 is 9.84 Å². The van der Waals surface area contributed by atoms with E-state index in [9.17, 15) is 13.2 Å². The molecule has 2 rings (SSSR count). The number of sulfone groups is 1. The minimum atomic E-state index is -3.24. The Morgan fingerprint density at radius 2 is 1.81 bits per heavy atom. The predicted molar refractivity (Wildman–Crippen MR) is 106 cm³/mol. The van der Waals surface area contributed by atoms with E-state index in [2.05, 4.69) is 5.32 Å². The maximum atomic E-state index is 12.2. The Morgan fingerprint density at radius 1 is 1.15 bits per heavy atom. The first-order valence-electron chi connectivity index (χ1n) is 7.94. The smallest absolute Gasteiger partial charge is 0.244 e. The molecule has 0 aliphatic rings. The zero-order valence-electron chi connectivity index (χ0n) is 14.4. The molecule has 1 N–H and O–H groups in total. The summed E-state index contributed by atoms with van der Waals surface area (Å²) in [5.41, 5.74) is 1.53.